The highest BCUT2D eigenvalue weighted by molar-refractivity contribution is 6.17. The Kier molecular flexibility index (Phi) is 5.56. The van der Waals surface area contributed by atoms with Gasteiger partial charge < -0.3 is 8.85 Å². The molecule has 0 unspecified atom stereocenters. The van der Waals surface area contributed by atoms with Crippen LogP contribution in [0.3, 0.4) is 0 Å². The first kappa shape index (κ1) is 13.7. The largest absolute Gasteiger partial charge is 0.434 e. The fourth-order valence-electron chi connectivity index (χ4n) is 1.59. The van der Waals surface area contributed by atoms with Crippen molar-refractivity contribution in [2.75, 3.05) is 0 Å². The molecule has 0 atom stereocenters. The molecule has 2 aromatic carbocycles. The SMILES string of the molecule is C=Cc1ccc(CO[Si]OCc2ccccc2)cc1. The molecule has 0 spiro atoms. The van der Waals surface area contributed by atoms with Gasteiger partial charge in [-0.25, -0.2) is 0 Å². The van der Waals surface area contributed by atoms with E-state index in [0.29, 0.717) is 13.2 Å². The highest BCUT2D eigenvalue weighted by Crippen LogP contribution is 2.06. The third-order valence-electron chi connectivity index (χ3n) is 2.65. The van der Waals surface area contributed by atoms with Gasteiger partial charge in [-0.1, -0.05) is 67.3 Å². The van der Waals surface area contributed by atoms with Gasteiger partial charge >= 0.3 is 10.0 Å². The van der Waals surface area contributed by atoms with Gasteiger partial charge in [-0.2, -0.15) is 0 Å². The third kappa shape index (κ3) is 4.83. The maximum absolute atomic E-state index is 5.49. The van der Waals surface area contributed by atoms with Crippen LogP contribution in [0.15, 0.2) is 61.2 Å². The van der Waals surface area contributed by atoms with E-state index < -0.39 is 0 Å². The number of hydrogen-bond acceptors (Lipinski definition) is 2. The van der Waals surface area contributed by atoms with E-state index in [0.717, 1.165) is 16.7 Å². The van der Waals surface area contributed by atoms with E-state index in [2.05, 4.69) is 6.58 Å². The molecule has 0 aliphatic rings. The molecule has 0 saturated heterocycles. The second kappa shape index (κ2) is 7.69. The molecule has 0 fully saturated rings. The van der Waals surface area contributed by atoms with Gasteiger partial charge in [0.25, 0.3) is 0 Å². The maximum Gasteiger partial charge on any atom is 0.434 e. The average molecular weight is 268 g/mol. The molecule has 0 aliphatic heterocycles. The van der Waals surface area contributed by atoms with E-state index in [1.807, 2.05) is 60.7 Å². The Morgan fingerprint density at radius 1 is 0.842 bits per heavy atom. The molecule has 0 bridgehead atoms. The molecule has 0 heterocycles. The van der Waals surface area contributed by atoms with Crippen LogP contribution < -0.4 is 0 Å². The van der Waals surface area contributed by atoms with E-state index >= 15 is 0 Å². The minimum absolute atomic E-state index is 0.0607. The summed E-state index contributed by atoms with van der Waals surface area (Å²) in [4.78, 5) is 0. The summed E-state index contributed by atoms with van der Waals surface area (Å²) in [7, 11) is 0.0607. The van der Waals surface area contributed by atoms with Crippen LogP contribution in [0.4, 0.5) is 0 Å². The standard InChI is InChI=1S/C16H16O2Si/c1-2-14-8-10-16(11-9-14)13-18-19-17-12-15-6-4-3-5-7-15/h2-11H,1,12-13H2. The second-order valence-corrected chi connectivity index (χ2v) is 4.84. The molecular weight excluding hydrogens is 252 g/mol. The van der Waals surface area contributed by atoms with Gasteiger partial charge in [0.1, 0.15) is 0 Å². The van der Waals surface area contributed by atoms with Gasteiger partial charge in [-0.15, -0.1) is 0 Å². The molecule has 2 aromatic rings. The van der Waals surface area contributed by atoms with Crippen LogP contribution in [0, 0.1) is 0 Å². The van der Waals surface area contributed by atoms with Gasteiger partial charge in [0.2, 0.25) is 0 Å². The Balaban J connectivity index is 1.65. The van der Waals surface area contributed by atoms with E-state index in [4.69, 9.17) is 8.85 Å². The molecule has 3 heteroatoms. The van der Waals surface area contributed by atoms with E-state index in [-0.39, 0.29) is 10.0 Å². The van der Waals surface area contributed by atoms with Crippen molar-refractivity contribution < 1.29 is 8.85 Å². The summed E-state index contributed by atoms with van der Waals surface area (Å²) in [6.07, 6.45) is 1.83. The van der Waals surface area contributed by atoms with Crippen molar-refractivity contribution in [1.29, 1.82) is 0 Å². The van der Waals surface area contributed by atoms with Gasteiger partial charge in [0.05, 0.1) is 13.2 Å². The van der Waals surface area contributed by atoms with Crippen LogP contribution in [0.25, 0.3) is 6.08 Å². The summed E-state index contributed by atoms with van der Waals surface area (Å²) >= 11 is 0. The Morgan fingerprint density at radius 2 is 1.42 bits per heavy atom. The predicted molar refractivity (Wildman–Crippen MR) is 78.3 cm³/mol. The summed E-state index contributed by atoms with van der Waals surface area (Å²) < 4.78 is 11.0. The zero-order chi connectivity index (χ0) is 13.3. The molecule has 0 aliphatic carbocycles. The summed E-state index contributed by atoms with van der Waals surface area (Å²) in [5, 5.41) is 0. The van der Waals surface area contributed by atoms with E-state index in [9.17, 15) is 0 Å². The highest BCUT2D eigenvalue weighted by Gasteiger charge is 1.97. The molecule has 2 radical (unpaired) electrons. The molecule has 0 aromatic heterocycles. The second-order valence-electron chi connectivity index (χ2n) is 4.09. The zero-order valence-electron chi connectivity index (χ0n) is 10.7. The Morgan fingerprint density at radius 3 is 2.00 bits per heavy atom. The van der Waals surface area contributed by atoms with Crippen LogP contribution in [-0.4, -0.2) is 10.0 Å². The minimum atomic E-state index is 0.0607. The summed E-state index contributed by atoms with van der Waals surface area (Å²) in [5.74, 6) is 0. The van der Waals surface area contributed by atoms with Crippen molar-refractivity contribution in [3.63, 3.8) is 0 Å². The lowest BCUT2D eigenvalue weighted by Crippen LogP contribution is -2.04. The van der Waals surface area contributed by atoms with E-state index in [1.54, 1.807) is 0 Å². The molecule has 0 N–H and O–H groups in total. The van der Waals surface area contributed by atoms with Crippen LogP contribution in [0.2, 0.25) is 0 Å². The molecule has 0 amide bonds. The predicted octanol–water partition coefficient (Wildman–Crippen LogP) is 3.60. The van der Waals surface area contributed by atoms with Crippen LogP contribution >= 0.6 is 0 Å². The summed E-state index contributed by atoms with van der Waals surface area (Å²) in [6, 6.07) is 18.2. The number of hydrogen-bond donors (Lipinski definition) is 0. The van der Waals surface area contributed by atoms with Gasteiger partial charge in [0.15, 0.2) is 0 Å². The maximum atomic E-state index is 5.49. The van der Waals surface area contributed by atoms with Crippen molar-refractivity contribution in [3.8, 4) is 0 Å². The van der Waals surface area contributed by atoms with Crippen LogP contribution in [-0.2, 0) is 22.1 Å². The first-order chi connectivity index (χ1) is 9.38. The minimum Gasteiger partial charge on any atom is -0.388 e. The average Bonchev–Trinajstić information content (AvgIpc) is 2.49. The van der Waals surface area contributed by atoms with Crippen molar-refractivity contribution in [3.05, 3.63) is 77.9 Å². The highest BCUT2D eigenvalue weighted by atomic mass is 28.3. The quantitative estimate of drug-likeness (QED) is 0.564. The summed E-state index contributed by atoms with van der Waals surface area (Å²) in [5.41, 5.74) is 3.42. The summed E-state index contributed by atoms with van der Waals surface area (Å²) in [6.45, 7) is 4.89. The van der Waals surface area contributed by atoms with Crippen molar-refractivity contribution >= 4 is 16.1 Å². The molecule has 19 heavy (non-hydrogen) atoms. The van der Waals surface area contributed by atoms with E-state index in [1.165, 1.54) is 0 Å². The number of rotatable bonds is 7. The first-order valence-electron chi connectivity index (χ1n) is 6.12. The third-order valence-corrected chi connectivity index (χ3v) is 3.18. The Hall–Kier alpha value is -1.68. The van der Waals surface area contributed by atoms with Gasteiger partial charge in [0, 0.05) is 0 Å². The van der Waals surface area contributed by atoms with Crippen LogP contribution in [0.5, 0.6) is 0 Å². The monoisotopic (exact) mass is 268 g/mol. The molecule has 0 saturated carbocycles. The molecular formula is C16H16O2Si. The Bertz CT molecular complexity index is 494. The topological polar surface area (TPSA) is 18.5 Å². The Labute approximate surface area is 116 Å². The fraction of sp³-hybridized carbons (Fsp3) is 0.125. The van der Waals surface area contributed by atoms with Gasteiger partial charge in [-0.05, 0) is 16.7 Å². The van der Waals surface area contributed by atoms with Crippen LogP contribution in [0.1, 0.15) is 16.7 Å². The van der Waals surface area contributed by atoms with Gasteiger partial charge in [-0.3, -0.25) is 0 Å². The van der Waals surface area contributed by atoms with Crippen molar-refractivity contribution in [1.82, 2.24) is 0 Å². The number of benzene rings is 2. The molecule has 2 nitrogen and oxygen atoms in total. The normalized spacial score (nSPS) is 10.3. The zero-order valence-corrected chi connectivity index (χ0v) is 11.7. The van der Waals surface area contributed by atoms with Crippen molar-refractivity contribution in [2.45, 2.75) is 13.2 Å². The lowest BCUT2D eigenvalue weighted by Gasteiger charge is -2.04. The first-order valence-corrected chi connectivity index (χ1v) is 6.94. The fourth-order valence-corrected chi connectivity index (χ4v) is 2.13. The lowest BCUT2D eigenvalue weighted by molar-refractivity contribution is 0.207. The molecule has 96 valence electrons. The lowest BCUT2D eigenvalue weighted by atomic mass is 10.1. The van der Waals surface area contributed by atoms with Crippen molar-refractivity contribution in [2.24, 2.45) is 0 Å². The molecule has 2 rings (SSSR count). The smallest absolute Gasteiger partial charge is 0.388 e.